The minimum absolute atomic E-state index is 0.192. The van der Waals surface area contributed by atoms with E-state index in [4.69, 9.17) is 4.74 Å². The number of aromatic nitrogens is 4. The Bertz CT molecular complexity index is 1580. The molecule has 0 bridgehead atoms. The molecule has 2 aromatic carbocycles. The van der Waals surface area contributed by atoms with E-state index in [0.29, 0.717) is 34.6 Å². The van der Waals surface area contributed by atoms with Gasteiger partial charge in [0.15, 0.2) is 0 Å². The van der Waals surface area contributed by atoms with Crippen LogP contribution < -0.4 is 10.3 Å². The van der Waals surface area contributed by atoms with E-state index < -0.39 is 17.3 Å². The molecular formula is C25H19F3N4O2. The second-order valence-corrected chi connectivity index (χ2v) is 7.80. The molecule has 0 amide bonds. The summed E-state index contributed by atoms with van der Waals surface area (Å²) in [6.45, 7) is 2.20. The maximum absolute atomic E-state index is 13.7. The standard InChI is InChI=1S/C25H19F3N4O2/c1-3-34-21-11-6-16-13-32(18-9-10-19-20(12-18)31(2)14-29-19)24(33)22(23(16)30-21)15-4-7-17(8-5-15)25(26,27)28/h4-14H,3H2,1-2H3. The van der Waals surface area contributed by atoms with E-state index in [0.717, 1.165) is 23.2 Å². The zero-order valence-electron chi connectivity index (χ0n) is 18.3. The Kier molecular flexibility index (Phi) is 5.11. The van der Waals surface area contributed by atoms with Gasteiger partial charge in [0.25, 0.3) is 5.56 Å². The molecule has 0 fully saturated rings. The van der Waals surface area contributed by atoms with Crippen molar-refractivity contribution in [2.45, 2.75) is 13.1 Å². The molecule has 3 aromatic heterocycles. The molecule has 0 aliphatic rings. The Morgan fingerprint density at radius 2 is 1.79 bits per heavy atom. The molecule has 0 atom stereocenters. The number of pyridine rings is 2. The van der Waals surface area contributed by atoms with E-state index in [-0.39, 0.29) is 5.56 Å². The van der Waals surface area contributed by atoms with Crippen molar-refractivity contribution in [3.8, 4) is 22.7 Å². The van der Waals surface area contributed by atoms with Crippen LogP contribution in [0.4, 0.5) is 13.2 Å². The molecule has 0 saturated heterocycles. The molecule has 3 heterocycles. The number of imidazole rings is 1. The van der Waals surface area contributed by atoms with Crippen LogP contribution in [-0.4, -0.2) is 25.7 Å². The van der Waals surface area contributed by atoms with E-state index >= 15 is 0 Å². The summed E-state index contributed by atoms with van der Waals surface area (Å²) in [6.07, 6.45) is -1.12. The smallest absolute Gasteiger partial charge is 0.416 e. The molecule has 0 radical (unpaired) electrons. The van der Waals surface area contributed by atoms with Gasteiger partial charge in [-0.05, 0) is 48.9 Å². The highest BCUT2D eigenvalue weighted by atomic mass is 19.4. The van der Waals surface area contributed by atoms with Gasteiger partial charge in [0.05, 0.1) is 46.3 Å². The fraction of sp³-hybridized carbons (Fsp3) is 0.160. The van der Waals surface area contributed by atoms with Gasteiger partial charge in [-0.2, -0.15) is 13.2 Å². The first-order valence-electron chi connectivity index (χ1n) is 10.5. The van der Waals surface area contributed by atoms with Crippen molar-refractivity contribution >= 4 is 21.9 Å². The van der Waals surface area contributed by atoms with Gasteiger partial charge in [-0.3, -0.25) is 9.36 Å². The maximum atomic E-state index is 13.7. The summed E-state index contributed by atoms with van der Waals surface area (Å²) in [5, 5.41) is 0.642. The number of hydrogen-bond donors (Lipinski definition) is 0. The summed E-state index contributed by atoms with van der Waals surface area (Å²) in [5.74, 6) is 0.330. The maximum Gasteiger partial charge on any atom is 0.416 e. The van der Waals surface area contributed by atoms with Gasteiger partial charge in [-0.25, -0.2) is 9.97 Å². The highest BCUT2D eigenvalue weighted by Crippen LogP contribution is 2.32. The molecule has 0 unspecified atom stereocenters. The average Bonchev–Trinajstić information content (AvgIpc) is 3.18. The molecule has 0 aliphatic carbocycles. The van der Waals surface area contributed by atoms with Crippen LogP contribution >= 0.6 is 0 Å². The molecule has 34 heavy (non-hydrogen) atoms. The lowest BCUT2D eigenvalue weighted by atomic mass is 10.0. The minimum atomic E-state index is -4.48. The predicted octanol–water partition coefficient (Wildman–Crippen LogP) is 5.36. The van der Waals surface area contributed by atoms with E-state index in [1.54, 1.807) is 30.7 Å². The van der Waals surface area contributed by atoms with Crippen molar-refractivity contribution in [3.05, 3.63) is 83.0 Å². The number of ether oxygens (including phenoxy) is 1. The zero-order valence-corrected chi connectivity index (χ0v) is 18.3. The summed E-state index contributed by atoms with van der Waals surface area (Å²) in [6, 6.07) is 13.4. The largest absolute Gasteiger partial charge is 0.478 e. The Morgan fingerprint density at radius 1 is 1.03 bits per heavy atom. The third-order valence-corrected chi connectivity index (χ3v) is 5.62. The number of hydrogen-bond acceptors (Lipinski definition) is 4. The average molecular weight is 464 g/mol. The van der Waals surface area contributed by atoms with E-state index in [1.807, 2.05) is 30.7 Å². The summed E-state index contributed by atoms with van der Waals surface area (Å²) < 4.78 is 48.1. The van der Waals surface area contributed by atoms with Crippen LogP contribution in [0.2, 0.25) is 0 Å². The quantitative estimate of drug-likeness (QED) is 0.359. The van der Waals surface area contributed by atoms with E-state index in [2.05, 4.69) is 9.97 Å². The predicted molar refractivity (Wildman–Crippen MR) is 123 cm³/mol. The second kappa shape index (κ2) is 8.02. The third kappa shape index (κ3) is 3.68. The van der Waals surface area contributed by atoms with Crippen molar-refractivity contribution in [2.24, 2.45) is 7.05 Å². The molecule has 5 aromatic rings. The minimum Gasteiger partial charge on any atom is -0.478 e. The fourth-order valence-corrected chi connectivity index (χ4v) is 3.95. The fourth-order valence-electron chi connectivity index (χ4n) is 3.95. The lowest BCUT2D eigenvalue weighted by Crippen LogP contribution is -2.20. The van der Waals surface area contributed by atoms with Crippen LogP contribution in [-0.2, 0) is 13.2 Å². The van der Waals surface area contributed by atoms with Crippen LogP contribution in [0.25, 0.3) is 38.8 Å². The third-order valence-electron chi connectivity index (χ3n) is 5.62. The van der Waals surface area contributed by atoms with Crippen LogP contribution in [0, 0.1) is 0 Å². The monoisotopic (exact) mass is 464 g/mol. The summed E-state index contributed by atoms with van der Waals surface area (Å²) in [7, 11) is 1.86. The molecule has 0 aliphatic heterocycles. The molecule has 0 spiro atoms. The van der Waals surface area contributed by atoms with E-state index in [1.165, 1.54) is 16.7 Å². The first-order valence-corrected chi connectivity index (χ1v) is 10.5. The molecule has 0 N–H and O–H groups in total. The molecule has 0 saturated carbocycles. The summed E-state index contributed by atoms with van der Waals surface area (Å²) >= 11 is 0. The number of rotatable bonds is 4. The normalized spacial score (nSPS) is 11.9. The number of alkyl halides is 3. The van der Waals surface area contributed by atoms with Crippen LogP contribution in [0.15, 0.2) is 71.9 Å². The SMILES string of the molecule is CCOc1ccc2cn(-c3ccc4ncn(C)c4c3)c(=O)c(-c3ccc(C(F)(F)F)cc3)c2n1. The van der Waals surface area contributed by atoms with Gasteiger partial charge in [-0.1, -0.05) is 12.1 Å². The molecule has 9 heteroatoms. The van der Waals surface area contributed by atoms with Crippen molar-refractivity contribution in [1.29, 1.82) is 0 Å². The number of benzene rings is 2. The molecular weight excluding hydrogens is 445 g/mol. The second-order valence-electron chi connectivity index (χ2n) is 7.80. The van der Waals surface area contributed by atoms with Gasteiger partial charge < -0.3 is 9.30 Å². The lowest BCUT2D eigenvalue weighted by Gasteiger charge is -2.14. The van der Waals surface area contributed by atoms with Crippen molar-refractivity contribution < 1.29 is 17.9 Å². The number of aryl methyl sites for hydroxylation is 1. The Labute approximate surface area is 191 Å². The number of nitrogens with zero attached hydrogens (tertiary/aromatic N) is 4. The van der Waals surface area contributed by atoms with Crippen molar-refractivity contribution in [3.63, 3.8) is 0 Å². The van der Waals surface area contributed by atoms with Crippen molar-refractivity contribution in [2.75, 3.05) is 6.61 Å². The number of halogens is 3. The Hall–Kier alpha value is -4.14. The van der Waals surface area contributed by atoms with E-state index in [9.17, 15) is 18.0 Å². The van der Waals surface area contributed by atoms with Gasteiger partial charge in [0, 0.05) is 24.7 Å². The zero-order chi connectivity index (χ0) is 24.0. The van der Waals surface area contributed by atoms with Crippen LogP contribution in [0.3, 0.4) is 0 Å². The molecule has 172 valence electrons. The van der Waals surface area contributed by atoms with Gasteiger partial charge in [-0.15, -0.1) is 0 Å². The Morgan fingerprint density at radius 3 is 2.50 bits per heavy atom. The summed E-state index contributed by atoms with van der Waals surface area (Å²) in [5.41, 5.74) is 1.91. The molecule has 6 nitrogen and oxygen atoms in total. The molecule has 5 rings (SSSR count). The topological polar surface area (TPSA) is 61.9 Å². The van der Waals surface area contributed by atoms with Gasteiger partial charge in [0.2, 0.25) is 5.88 Å². The van der Waals surface area contributed by atoms with Crippen LogP contribution in [0.5, 0.6) is 5.88 Å². The lowest BCUT2D eigenvalue weighted by molar-refractivity contribution is -0.137. The van der Waals surface area contributed by atoms with Gasteiger partial charge >= 0.3 is 6.18 Å². The highest BCUT2D eigenvalue weighted by Gasteiger charge is 2.30. The number of fused-ring (bicyclic) bond motifs is 2. The summed E-state index contributed by atoms with van der Waals surface area (Å²) in [4.78, 5) is 22.5. The highest BCUT2D eigenvalue weighted by molar-refractivity contribution is 5.93. The van der Waals surface area contributed by atoms with Crippen LogP contribution in [0.1, 0.15) is 12.5 Å². The Balaban J connectivity index is 1.78. The first kappa shape index (κ1) is 21.7. The van der Waals surface area contributed by atoms with Crippen molar-refractivity contribution in [1.82, 2.24) is 19.1 Å². The van der Waals surface area contributed by atoms with Gasteiger partial charge in [0.1, 0.15) is 0 Å². The first-order chi connectivity index (χ1) is 16.3.